The van der Waals surface area contributed by atoms with Gasteiger partial charge in [0, 0.05) is 10.0 Å². The van der Waals surface area contributed by atoms with Crippen LogP contribution in [-0.4, -0.2) is 16.3 Å². The highest BCUT2D eigenvalue weighted by Gasteiger charge is 2.53. The maximum atomic E-state index is 13.2. The van der Waals surface area contributed by atoms with Gasteiger partial charge in [0.1, 0.15) is 5.82 Å². The lowest BCUT2D eigenvalue weighted by Gasteiger charge is -2.22. The summed E-state index contributed by atoms with van der Waals surface area (Å²) in [5, 5.41) is 3.41. The van der Waals surface area contributed by atoms with Crippen LogP contribution in [0.5, 0.6) is 0 Å². The highest BCUT2D eigenvalue weighted by Crippen LogP contribution is 2.36. The Balaban J connectivity index is 2.46. The Hall–Kier alpha value is -1.48. The first kappa shape index (κ1) is 14.9. The van der Waals surface area contributed by atoms with E-state index in [1.165, 1.54) is 12.1 Å². The molecule has 1 heterocycles. The summed E-state index contributed by atoms with van der Waals surface area (Å²) in [6.07, 6.45) is -4.75. The summed E-state index contributed by atoms with van der Waals surface area (Å²) in [4.78, 5) is 3.60. The molecule has 108 valence electrons. The fourth-order valence-corrected chi connectivity index (χ4v) is 1.76. The third-order valence-electron chi connectivity index (χ3n) is 2.63. The van der Waals surface area contributed by atoms with Crippen LogP contribution in [0.15, 0.2) is 27.2 Å². The quantitative estimate of drug-likeness (QED) is 0.840. The van der Waals surface area contributed by atoms with Gasteiger partial charge in [0.2, 0.25) is 5.82 Å². The van der Waals surface area contributed by atoms with Gasteiger partial charge in [-0.05, 0) is 25.1 Å². The zero-order valence-electron chi connectivity index (χ0n) is 10.0. The zero-order valence-corrected chi connectivity index (χ0v) is 11.6. The second kappa shape index (κ2) is 4.81. The number of hydrogen-bond donors (Lipinski definition) is 1. The van der Waals surface area contributed by atoms with E-state index >= 15 is 0 Å². The molecule has 2 aromatic rings. The summed E-state index contributed by atoms with van der Waals surface area (Å²) in [5.74, 6) is -1.57. The number of aromatic nitrogens is 2. The molecule has 1 aromatic heterocycles. The van der Waals surface area contributed by atoms with E-state index in [0.29, 0.717) is 11.4 Å². The van der Waals surface area contributed by atoms with E-state index < -0.39 is 23.4 Å². The number of nitrogens with two attached hydrogens (primary N) is 1. The lowest BCUT2D eigenvalue weighted by atomic mass is 10.0. The maximum absolute atomic E-state index is 13.2. The highest BCUT2D eigenvalue weighted by atomic mass is 79.9. The molecule has 1 aromatic carbocycles. The molecule has 2 N–H and O–H groups in total. The van der Waals surface area contributed by atoms with E-state index in [2.05, 4.69) is 30.6 Å². The maximum Gasteiger partial charge on any atom is 0.415 e. The molecule has 0 fully saturated rings. The van der Waals surface area contributed by atoms with Crippen molar-refractivity contribution in [2.45, 2.75) is 18.6 Å². The molecule has 0 aliphatic carbocycles. The summed E-state index contributed by atoms with van der Waals surface area (Å²) < 4.78 is 56.4. The van der Waals surface area contributed by atoms with Crippen molar-refractivity contribution >= 4 is 15.9 Å². The van der Waals surface area contributed by atoms with Crippen molar-refractivity contribution < 1.29 is 22.1 Å². The molecule has 0 spiro atoms. The minimum atomic E-state index is -4.75. The van der Waals surface area contributed by atoms with Crippen LogP contribution in [0.25, 0.3) is 11.4 Å². The number of benzene rings is 1. The Morgan fingerprint density at radius 2 is 1.95 bits per heavy atom. The fraction of sp³-hybridized carbons (Fsp3) is 0.273. The first-order valence-corrected chi connectivity index (χ1v) is 6.07. The third-order valence-corrected chi connectivity index (χ3v) is 3.32. The van der Waals surface area contributed by atoms with Gasteiger partial charge < -0.3 is 10.3 Å². The Kier molecular flexibility index (Phi) is 3.59. The number of nitrogens with zero attached hydrogens (tertiary/aromatic N) is 2. The van der Waals surface area contributed by atoms with Crippen molar-refractivity contribution in [3.63, 3.8) is 0 Å². The number of hydrogen-bond acceptors (Lipinski definition) is 4. The minimum Gasteiger partial charge on any atom is -0.337 e. The van der Waals surface area contributed by atoms with Crippen molar-refractivity contribution in [1.82, 2.24) is 10.1 Å². The van der Waals surface area contributed by atoms with Crippen LogP contribution in [0.2, 0.25) is 0 Å². The highest BCUT2D eigenvalue weighted by molar-refractivity contribution is 9.10. The van der Waals surface area contributed by atoms with Crippen molar-refractivity contribution in [3.05, 3.63) is 34.4 Å². The van der Waals surface area contributed by atoms with Crippen LogP contribution in [0, 0.1) is 5.82 Å². The fourth-order valence-electron chi connectivity index (χ4n) is 1.33. The Bertz CT molecular complexity index is 639. The first-order valence-electron chi connectivity index (χ1n) is 5.28. The van der Waals surface area contributed by atoms with E-state index in [1.54, 1.807) is 0 Å². The summed E-state index contributed by atoms with van der Waals surface area (Å²) in [5.41, 5.74) is 2.55. The normalized spacial score (nSPS) is 15.2. The predicted octanol–water partition coefficient (Wildman–Crippen LogP) is 3.37. The first-order chi connectivity index (χ1) is 9.13. The summed E-state index contributed by atoms with van der Waals surface area (Å²) >= 11 is 3.12. The molecule has 1 unspecified atom stereocenters. The van der Waals surface area contributed by atoms with Crippen molar-refractivity contribution in [2.24, 2.45) is 5.73 Å². The summed E-state index contributed by atoms with van der Waals surface area (Å²) in [6.45, 7) is 0.713. The van der Waals surface area contributed by atoms with Crippen molar-refractivity contribution in [3.8, 4) is 11.4 Å². The zero-order chi connectivity index (χ0) is 15.1. The third kappa shape index (κ3) is 2.55. The van der Waals surface area contributed by atoms with Gasteiger partial charge in [-0.15, -0.1) is 0 Å². The van der Waals surface area contributed by atoms with Crippen LogP contribution in [-0.2, 0) is 5.54 Å². The molecule has 0 aliphatic rings. The average molecular weight is 354 g/mol. The molecule has 0 amide bonds. The second-order valence-corrected chi connectivity index (χ2v) is 5.10. The summed E-state index contributed by atoms with van der Waals surface area (Å²) in [7, 11) is 0. The van der Waals surface area contributed by atoms with Crippen molar-refractivity contribution in [2.75, 3.05) is 0 Å². The van der Waals surface area contributed by atoms with E-state index in [0.717, 1.165) is 6.07 Å². The molecular weight excluding hydrogens is 346 g/mol. The van der Waals surface area contributed by atoms with Crippen LogP contribution in [0.1, 0.15) is 12.8 Å². The molecule has 0 saturated heterocycles. The van der Waals surface area contributed by atoms with Crippen LogP contribution in [0.4, 0.5) is 17.6 Å². The van der Waals surface area contributed by atoms with E-state index in [4.69, 9.17) is 5.73 Å². The molecule has 20 heavy (non-hydrogen) atoms. The predicted molar refractivity (Wildman–Crippen MR) is 65.0 cm³/mol. The molecule has 2 rings (SSSR count). The molecule has 0 saturated carbocycles. The number of rotatable bonds is 2. The van der Waals surface area contributed by atoms with E-state index in [-0.39, 0.29) is 11.4 Å². The van der Waals surface area contributed by atoms with E-state index in [1.807, 2.05) is 0 Å². The van der Waals surface area contributed by atoms with Gasteiger partial charge in [0.05, 0.1) is 0 Å². The minimum absolute atomic E-state index is 0.165. The molecular formula is C11H8BrF4N3O. The van der Waals surface area contributed by atoms with Crippen LogP contribution >= 0.6 is 15.9 Å². The molecule has 0 aliphatic heterocycles. The Morgan fingerprint density at radius 3 is 2.55 bits per heavy atom. The second-order valence-electron chi connectivity index (χ2n) is 4.25. The lowest BCUT2D eigenvalue weighted by molar-refractivity contribution is -0.190. The van der Waals surface area contributed by atoms with Gasteiger partial charge >= 0.3 is 6.18 Å². The topological polar surface area (TPSA) is 64.9 Å². The van der Waals surface area contributed by atoms with Gasteiger partial charge in [0.15, 0.2) is 5.54 Å². The number of alkyl halides is 3. The van der Waals surface area contributed by atoms with Gasteiger partial charge in [-0.1, -0.05) is 21.1 Å². The van der Waals surface area contributed by atoms with Gasteiger partial charge in [-0.25, -0.2) is 4.39 Å². The molecule has 9 heteroatoms. The van der Waals surface area contributed by atoms with Crippen molar-refractivity contribution in [1.29, 1.82) is 0 Å². The SMILES string of the molecule is CC(N)(c1nc(-c2cc(F)ccc2Br)no1)C(F)(F)F. The van der Waals surface area contributed by atoms with E-state index in [9.17, 15) is 17.6 Å². The van der Waals surface area contributed by atoms with Crippen LogP contribution in [0.3, 0.4) is 0 Å². The largest absolute Gasteiger partial charge is 0.415 e. The lowest BCUT2D eigenvalue weighted by Crippen LogP contribution is -2.47. The molecule has 0 radical (unpaired) electrons. The average Bonchev–Trinajstić information content (AvgIpc) is 2.80. The standard InChI is InChI=1S/C11H8BrF4N3O/c1-10(17,11(14,15)16)9-18-8(19-20-9)6-4-5(13)2-3-7(6)12/h2-4H,17H2,1H3. The molecule has 1 atom stereocenters. The number of halogens is 5. The van der Waals surface area contributed by atoms with Gasteiger partial charge in [-0.2, -0.15) is 18.2 Å². The Morgan fingerprint density at radius 1 is 1.30 bits per heavy atom. The Labute approximate surface area is 119 Å². The van der Waals surface area contributed by atoms with Gasteiger partial charge in [-0.3, -0.25) is 0 Å². The molecule has 0 bridgehead atoms. The van der Waals surface area contributed by atoms with Crippen LogP contribution < -0.4 is 5.73 Å². The molecule has 4 nitrogen and oxygen atoms in total. The smallest absolute Gasteiger partial charge is 0.337 e. The van der Waals surface area contributed by atoms with Gasteiger partial charge in [0.25, 0.3) is 5.89 Å². The summed E-state index contributed by atoms with van der Waals surface area (Å²) in [6, 6.07) is 3.63. The monoisotopic (exact) mass is 353 g/mol.